The van der Waals surface area contributed by atoms with E-state index < -0.39 is 0 Å². The number of piperidine rings is 1. The van der Waals surface area contributed by atoms with Crippen molar-refractivity contribution < 1.29 is 13.5 Å². The van der Waals surface area contributed by atoms with E-state index in [9.17, 15) is 4.39 Å². The Morgan fingerprint density at radius 2 is 2.17 bits per heavy atom. The number of hydrogen-bond acceptors (Lipinski definition) is 4. The first-order valence-corrected chi connectivity index (χ1v) is 8.12. The number of ether oxygens (including phenoxy) is 1. The Morgan fingerprint density at radius 1 is 1.35 bits per heavy atom. The van der Waals surface area contributed by atoms with E-state index in [-0.39, 0.29) is 11.9 Å². The minimum Gasteiger partial charge on any atom is -0.444 e. The van der Waals surface area contributed by atoms with Crippen LogP contribution in [0.4, 0.5) is 4.39 Å². The molecule has 4 nitrogen and oxygen atoms in total. The molecule has 2 heterocycles. The van der Waals surface area contributed by atoms with Crippen LogP contribution in [-0.4, -0.2) is 29.1 Å². The zero-order valence-corrected chi connectivity index (χ0v) is 13.7. The third kappa shape index (κ3) is 4.18. The molecule has 0 unspecified atom stereocenters. The first-order valence-electron chi connectivity index (χ1n) is 8.12. The molecule has 0 spiro atoms. The summed E-state index contributed by atoms with van der Waals surface area (Å²) >= 11 is 0. The molecular weight excluding hydrogens is 295 g/mol. The molecule has 1 fully saturated rings. The van der Waals surface area contributed by atoms with Crippen molar-refractivity contribution in [1.29, 1.82) is 0 Å². The lowest BCUT2D eigenvalue weighted by Crippen LogP contribution is -2.39. The molecule has 1 aliphatic heterocycles. The predicted molar refractivity (Wildman–Crippen MR) is 85.5 cm³/mol. The van der Waals surface area contributed by atoms with Gasteiger partial charge in [0.05, 0.1) is 24.9 Å². The summed E-state index contributed by atoms with van der Waals surface area (Å²) in [5.74, 6) is 1.44. The number of hydrogen-bond donors (Lipinski definition) is 0. The summed E-state index contributed by atoms with van der Waals surface area (Å²) in [5.41, 5.74) is 1.56. The Bertz CT molecular complexity index is 637. The van der Waals surface area contributed by atoms with Crippen molar-refractivity contribution in [3.63, 3.8) is 0 Å². The van der Waals surface area contributed by atoms with Gasteiger partial charge in [-0.1, -0.05) is 18.2 Å². The maximum absolute atomic E-state index is 13.6. The molecule has 1 aromatic carbocycles. The average Bonchev–Trinajstić information content (AvgIpc) is 2.85. The lowest BCUT2D eigenvalue weighted by molar-refractivity contribution is -0.0147. The van der Waals surface area contributed by atoms with Crippen LogP contribution in [0.15, 0.2) is 28.7 Å². The van der Waals surface area contributed by atoms with Crippen LogP contribution in [0.25, 0.3) is 0 Å². The van der Waals surface area contributed by atoms with Gasteiger partial charge < -0.3 is 9.15 Å². The first-order chi connectivity index (χ1) is 11.1. The van der Waals surface area contributed by atoms with Crippen LogP contribution in [0.2, 0.25) is 0 Å². The lowest BCUT2D eigenvalue weighted by Gasteiger charge is -2.31. The molecule has 5 heteroatoms. The zero-order valence-electron chi connectivity index (χ0n) is 13.7. The van der Waals surface area contributed by atoms with E-state index in [0.29, 0.717) is 18.7 Å². The molecule has 0 saturated carbocycles. The average molecular weight is 318 g/mol. The molecule has 0 amide bonds. The number of aryl methyl sites for hydroxylation is 2. The molecule has 1 saturated heterocycles. The molecule has 0 N–H and O–H groups in total. The van der Waals surface area contributed by atoms with E-state index >= 15 is 0 Å². The third-order valence-electron chi connectivity index (χ3n) is 4.33. The highest BCUT2D eigenvalue weighted by atomic mass is 19.1. The number of benzene rings is 1. The summed E-state index contributed by atoms with van der Waals surface area (Å²) in [7, 11) is 0. The van der Waals surface area contributed by atoms with Crippen molar-refractivity contribution in [2.75, 3.05) is 13.1 Å². The van der Waals surface area contributed by atoms with Crippen molar-refractivity contribution in [2.45, 2.75) is 45.9 Å². The molecule has 0 radical (unpaired) electrons. The smallest absolute Gasteiger partial charge is 0.208 e. The van der Waals surface area contributed by atoms with Crippen molar-refractivity contribution >= 4 is 0 Å². The van der Waals surface area contributed by atoms with Crippen LogP contribution in [0, 0.1) is 19.7 Å². The molecule has 1 aliphatic rings. The second kappa shape index (κ2) is 7.23. The minimum atomic E-state index is -0.203. The molecule has 1 atom stereocenters. The molecule has 0 bridgehead atoms. The Hall–Kier alpha value is -1.72. The van der Waals surface area contributed by atoms with Crippen molar-refractivity contribution in [1.82, 2.24) is 9.88 Å². The summed E-state index contributed by atoms with van der Waals surface area (Å²) in [5, 5.41) is 0. The summed E-state index contributed by atoms with van der Waals surface area (Å²) < 4.78 is 25.2. The summed E-state index contributed by atoms with van der Waals surface area (Å²) in [6, 6.07) is 6.77. The molecule has 0 aliphatic carbocycles. The Kier molecular flexibility index (Phi) is 5.08. The van der Waals surface area contributed by atoms with Crippen molar-refractivity contribution in [3.05, 3.63) is 53.0 Å². The minimum absolute atomic E-state index is 0.125. The lowest BCUT2D eigenvalue weighted by atomic mass is 10.1. The van der Waals surface area contributed by atoms with Gasteiger partial charge in [-0.3, -0.25) is 4.90 Å². The van der Waals surface area contributed by atoms with E-state index in [2.05, 4.69) is 9.88 Å². The zero-order chi connectivity index (χ0) is 16.2. The quantitative estimate of drug-likeness (QED) is 0.844. The Morgan fingerprint density at radius 3 is 2.91 bits per heavy atom. The molecule has 1 aromatic heterocycles. The van der Waals surface area contributed by atoms with Crippen LogP contribution in [0.5, 0.6) is 0 Å². The maximum atomic E-state index is 13.6. The maximum Gasteiger partial charge on any atom is 0.208 e. The van der Waals surface area contributed by atoms with Gasteiger partial charge in [0.2, 0.25) is 5.89 Å². The fourth-order valence-corrected chi connectivity index (χ4v) is 2.91. The van der Waals surface area contributed by atoms with Gasteiger partial charge in [0.25, 0.3) is 0 Å². The second-order valence-electron chi connectivity index (χ2n) is 6.15. The largest absolute Gasteiger partial charge is 0.444 e. The topological polar surface area (TPSA) is 38.5 Å². The van der Waals surface area contributed by atoms with Gasteiger partial charge >= 0.3 is 0 Å². The van der Waals surface area contributed by atoms with Gasteiger partial charge in [0.15, 0.2) is 0 Å². The van der Waals surface area contributed by atoms with Crippen LogP contribution in [0.3, 0.4) is 0 Å². The van der Waals surface area contributed by atoms with Gasteiger partial charge in [-0.25, -0.2) is 9.37 Å². The van der Waals surface area contributed by atoms with Crippen LogP contribution in [-0.2, 0) is 17.9 Å². The number of likely N-dealkylation sites (tertiary alicyclic amines) is 1. The van der Waals surface area contributed by atoms with E-state index in [0.717, 1.165) is 43.3 Å². The van der Waals surface area contributed by atoms with Gasteiger partial charge in [-0.2, -0.15) is 0 Å². The standard InChI is InChI=1S/C18H23FN2O2/c1-13-14(2)23-18(20-13)11-21-9-5-7-16(10-21)22-12-15-6-3-4-8-17(15)19/h3-4,6,8,16H,5,7,9-12H2,1-2H3/t16-/m0/s1. The first kappa shape index (κ1) is 16.1. The fraction of sp³-hybridized carbons (Fsp3) is 0.500. The Labute approximate surface area is 136 Å². The van der Waals surface area contributed by atoms with Gasteiger partial charge in [-0.15, -0.1) is 0 Å². The normalized spacial score (nSPS) is 19.2. The van der Waals surface area contributed by atoms with Crippen molar-refractivity contribution in [3.8, 4) is 0 Å². The fourth-order valence-electron chi connectivity index (χ4n) is 2.91. The van der Waals surface area contributed by atoms with Crippen molar-refractivity contribution in [2.24, 2.45) is 0 Å². The number of oxazole rings is 1. The van der Waals surface area contributed by atoms with Gasteiger partial charge in [0, 0.05) is 12.1 Å². The van der Waals surface area contributed by atoms with Crippen LogP contribution < -0.4 is 0 Å². The van der Waals surface area contributed by atoms with Gasteiger partial charge in [-0.05, 0) is 39.3 Å². The summed E-state index contributed by atoms with van der Waals surface area (Å²) in [6.45, 7) is 6.76. The molecule has 124 valence electrons. The SMILES string of the molecule is Cc1nc(CN2CCC[C@H](OCc3ccccc3F)C2)oc1C. The van der Waals surface area contributed by atoms with E-state index in [1.807, 2.05) is 19.9 Å². The van der Waals surface area contributed by atoms with Crippen LogP contribution in [0.1, 0.15) is 35.7 Å². The number of nitrogens with zero attached hydrogens (tertiary/aromatic N) is 2. The highest BCUT2D eigenvalue weighted by Gasteiger charge is 2.22. The molecular formula is C18H23FN2O2. The van der Waals surface area contributed by atoms with Gasteiger partial charge in [0.1, 0.15) is 11.6 Å². The molecule has 2 aromatic rings. The number of halogens is 1. The van der Waals surface area contributed by atoms with Crippen LogP contribution >= 0.6 is 0 Å². The predicted octanol–water partition coefficient (Wildman–Crippen LogP) is 3.61. The van der Waals surface area contributed by atoms with E-state index in [4.69, 9.17) is 9.15 Å². The highest BCUT2D eigenvalue weighted by molar-refractivity contribution is 5.16. The molecule has 3 rings (SSSR count). The third-order valence-corrected chi connectivity index (χ3v) is 4.33. The van der Waals surface area contributed by atoms with E-state index in [1.165, 1.54) is 6.07 Å². The number of rotatable bonds is 5. The number of aromatic nitrogens is 1. The monoisotopic (exact) mass is 318 g/mol. The second-order valence-corrected chi connectivity index (χ2v) is 6.15. The Balaban J connectivity index is 1.53. The highest BCUT2D eigenvalue weighted by Crippen LogP contribution is 2.19. The summed E-state index contributed by atoms with van der Waals surface area (Å²) in [4.78, 5) is 6.73. The van der Waals surface area contributed by atoms with E-state index in [1.54, 1.807) is 12.1 Å². The molecule has 23 heavy (non-hydrogen) atoms. The summed E-state index contributed by atoms with van der Waals surface area (Å²) in [6.07, 6.45) is 2.20.